The normalized spacial score (nSPS) is 10.4. The molecule has 0 spiro atoms. The van der Waals surface area contributed by atoms with Crippen molar-refractivity contribution in [3.63, 3.8) is 0 Å². The minimum Gasteiger partial charge on any atom is -0.381 e. The molecule has 0 bridgehead atoms. The summed E-state index contributed by atoms with van der Waals surface area (Å²) in [6, 6.07) is 10.3. The molecule has 0 saturated carbocycles. The number of rotatable bonds is 3. The van der Waals surface area contributed by atoms with Crippen molar-refractivity contribution in [3.05, 3.63) is 63.4 Å². The highest BCUT2D eigenvalue weighted by Gasteiger charge is 2.07. The van der Waals surface area contributed by atoms with Crippen molar-refractivity contribution in [2.45, 2.75) is 13.5 Å². The van der Waals surface area contributed by atoms with Gasteiger partial charge in [-0.25, -0.2) is 4.39 Å². The maximum Gasteiger partial charge on any atom is 0.128 e. The third-order valence-corrected chi connectivity index (χ3v) is 3.49. The Morgan fingerprint density at radius 2 is 1.67 bits per heavy atom. The molecule has 2 aromatic rings. The van der Waals surface area contributed by atoms with Crippen LogP contribution in [0.3, 0.4) is 0 Å². The van der Waals surface area contributed by atoms with Crippen LogP contribution >= 0.6 is 23.2 Å². The Bertz CT molecular complexity index is 549. The Kier molecular flexibility index (Phi) is 4.10. The zero-order valence-corrected chi connectivity index (χ0v) is 11.3. The number of hydrogen-bond acceptors (Lipinski definition) is 1. The fourth-order valence-corrected chi connectivity index (χ4v) is 2.21. The van der Waals surface area contributed by atoms with Crippen molar-refractivity contribution in [2.75, 3.05) is 5.32 Å². The van der Waals surface area contributed by atoms with E-state index < -0.39 is 0 Å². The molecule has 0 fully saturated rings. The zero-order chi connectivity index (χ0) is 13.1. The van der Waals surface area contributed by atoms with Crippen molar-refractivity contribution < 1.29 is 4.39 Å². The standard InChI is InChI=1S/C14H12Cl2FN/c1-9-13(17)6-3-7-14(9)18-8-10-11(15)4-2-5-12(10)16/h2-7,18H,8H2,1H3. The highest BCUT2D eigenvalue weighted by atomic mass is 35.5. The predicted molar refractivity (Wildman–Crippen MR) is 74.9 cm³/mol. The SMILES string of the molecule is Cc1c(F)cccc1NCc1c(Cl)cccc1Cl. The molecule has 0 radical (unpaired) electrons. The molecule has 18 heavy (non-hydrogen) atoms. The van der Waals surface area contributed by atoms with Crippen LogP contribution in [0.25, 0.3) is 0 Å². The quantitative estimate of drug-likeness (QED) is 0.831. The van der Waals surface area contributed by atoms with Crippen LogP contribution in [0.2, 0.25) is 10.0 Å². The van der Waals surface area contributed by atoms with Crippen LogP contribution < -0.4 is 5.32 Å². The Morgan fingerprint density at radius 1 is 1.06 bits per heavy atom. The van der Waals surface area contributed by atoms with Crippen molar-refractivity contribution in [1.29, 1.82) is 0 Å². The summed E-state index contributed by atoms with van der Waals surface area (Å²) < 4.78 is 13.4. The summed E-state index contributed by atoms with van der Waals surface area (Å²) in [5.41, 5.74) is 2.14. The molecule has 1 nitrogen and oxygen atoms in total. The molecule has 2 rings (SSSR count). The number of halogens is 3. The van der Waals surface area contributed by atoms with Gasteiger partial charge in [0.2, 0.25) is 0 Å². The molecule has 94 valence electrons. The summed E-state index contributed by atoms with van der Waals surface area (Å²) in [6.07, 6.45) is 0. The average molecular weight is 284 g/mol. The monoisotopic (exact) mass is 283 g/mol. The lowest BCUT2D eigenvalue weighted by atomic mass is 10.1. The lowest BCUT2D eigenvalue weighted by Gasteiger charge is -2.12. The lowest BCUT2D eigenvalue weighted by molar-refractivity contribution is 0.619. The first-order valence-electron chi connectivity index (χ1n) is 5.51. The van der Waals surface area contributed by atoms with E-state index in [2.05, 4.69) is 5.32 Å². The Morgan fingerprint density at radius 3 is 2.33 bits per heavy atom. The molecule has 0 aliphatic heterocycles. The smallest absolute Gasteiger partial charge is 0.128 e. The van der Waals surface area contributed by atoms with Gasteiger partial charge in [0.25, 0.3) is 0 Å². The predicted octanol–water partition coefficient (Wildman–Crippen LogP) is 5.05. The van der Waals surface area contributed by atoms with Crippen molar-refractivity contribution in [1.82, 2.24) is 0 Å². The molecular formula is C14H12Cl2FN. The molecule has 0 aliphatic carbocycles. The second-order valence-corrected chi connectivity index (χ2v) is 4.78. The van der Waals surface area contributed by atoms with Crippen LogP contribution in [0.1, 0.15) is 11.1 Å². The van der Waals surface area contributed by atoms with Crippen LogP contribution in [0.4, 0.5) is 10.1 Å². The molecule has 0 heterocycles. The van der Waals surface area contributed by atoms with Gasteiger partial charge in [0.15, 0.2) is 0 Å². The summed E-state index contributed by atoms with van der Waals surface area (Å²) in [4.78, 5) is 0. The molecule has 0 aliphatic rings. The van der Waals surface area contributed by atoms with E-state index >= 15 is 0 Å². The van der Waals surface area contributed by atoms with Gasteiger partial charge in [-0.05, 0) is 31.2 Å². The van der Waals surface area contributed by atoms with Gasteiger partial charge >= 0.3 is 0 Å². The van der Waals surface area contributed by atoms with Gasteiger partial charge in [0.05, 0.1) is 0 Å². The van der Waals surface area contributed by atoms with Crippen molar-refractivity contribution >= 4 is 28.9 Å². The summed E-state index contributed by atoms with van der Waals surface area (Å²) in [5.74, 6) is -0.231. The van der Waals surface area contributed by atoms with E-state index in [1.54, 1.807) is 31.2 Å². The van der Waals surface area contributed by atoms with Gasteiger partial charge in [-0.2, -0.15) is 0 Å². The fraction of sp³-hybridized carbons (Fsp3) is 0.143. The van der Waals surface area contributed by atoms with Gasteiger partial charge in [0.1, 0.15) is 5.82 Å². The van der Waals surface area contributed by atoms with Crippen LogP contribution in [-0.2, 0) is 6.54 Å². The first kappa shape index (κ1) is 13.2. The van der Waals surface area contributed by atoms with Gasteiger partial charge in [0, 0.05) is 33.4 Å². The average Bonchev–Trinajstić information content (AvgIpc) is 2.33. The summed E-state index contributed by atoms with van der Waals surface area (Å²) in [5, 5.41) is 4.34. The molecule has 2 aromatic carbocycles. The Hall–Kier alpha value is -1.25. The molecule has 0 saturated heterocycles. The second kappa shape index (κ2) is 5.59. The number of hydrogen-bond donors (Lipinski definition) is 1. The number of nitrogens with one attached hydrogen (secondary N) is 1. The molecule has 0 unspecified atom stereocenters. The van der Waals surface area contributed by atoms with E-state index in [1.807, 2.05) is 6.07 Å². The lowest BCUT2D eigenvalue weighted by Crippen LogP contribution is -2.03. The second-order valence-electron chi connectivity index (χ2n) is 3.97. The maximum atomic E-state index is 13.4. The fourth-order valence-electron chi connectivity index (χ4n) is 1.68. The van der Waals surface area contributed by atoms with Gasteiger partial charge < -0.3 is 5.32 Å². The van der Waals surface area contributed by atoms with Gasteiger partial charge in [-0.3, -0.25) is 0 Å². The Labute approximate surface area is 116 Å². The molecule has 0 atom stereocenters. The van der Waals surface area contributed by atoms with Crippen molar-refractivity contribution in [3.8, 4) is 0 Å². The largest absolute Gasteiger partial charge is 0.381 e. The first-order valence-corrected chi connectivity index (χ1v) is 6.27. The molecule has 0 amide bonds. The van der Waals surface area contributed by atoms with E-state index in [4.69, 9.17) is 23.2 Å². The van der Waals surface area contributed by atoms with E-state index in [0.29, 0.717) is 22.2 Å². The third kappa shape index (κ3) is 2.77. The number of benzene rings is 2. The minimum absolute atomic E-state index is 0.231. The van der Waals surface area contributed by atoms with E-state index in [0.717, 1.165) is 11.3 Å². The highest BCUT2D eigenvalue weighted by Crippen LogP contribution is 2.26. The summed E-state index contributed by atoms with van der Waals surface area (Å²) >= 11 is 12.1. The first-order chi connectivity index (χ1) is 8.59. The molecular weight excluding hydrogens is 272 g/mol. The number of anilines is 1. The van der Waals surface area contributed by atoms with Crippen LogP contribution in [-0.4, -0.2) is 0 Å². The minimum atomic E-state index is -0.231. The van der Waals surface area contributed by atoms with Crippen LogP contribution in [0.15, 0.2) is 36.4 Å². The van der Waals surface area contributed by atoms with E-state index in [1.165, 1.54) is 6.07 Å². The zero-order valence-electron chi connectivity index (χ0n) is 9.81. The summed E-state index contributed by atoms with van der Waals surface area (Å²) in [6.45, 7) is 2.19. The third-order valence-electron chi connectivity index (χ3n) is 2.78. The summed E-state index contributed by atoms with van der Waals surface area (Å²) in [7, 11) is 0. The van der Waals surface area contributed by atoms with Gasteiger partial charge in [-0.1, -0.05) is 35.3 Å². The van der Waals surface area contributed by atoms with Crippen molar-refractivity contribution in [2.24, 2.45) is 0 Å². The van der Waals surface area contributed by atoms with Crippen LogP contribution in [0, 0.1) is 12.7 Å². The Balaban J connectivity index is 2.19. The van der Waals surface area contributed by atoms with E-state index in [9.17, 15) is 4.39 Å². The van der Waals surface area contributed by atoms with Crippen LogP contribution in [0.5, 0.6) is 0 Å². The molecule has 1 N–H and O–H groups in total. The van der Waals surface area contributed by atoms with Gasteiger partial charge in [-0.15, -0.1) is 0 Å². The topological polar surface area (TPSA) is 12.0 Å². The molecule has 4 heteroatoms. The maximum absolute atomic E-state index is 13.4. The van der Waals surface area contributed by atoms with E-state index in [-0.39, 0.29) is 5.82 Å². The molecule has 0 aromatic heterocycles. The highest BCUT2D eigenvalue weighted by molar-refractivity contribution is 6.36.